The lowest BCUT2D eigenvalue weighted by atomic mass is 10.0. The number of aromatic nitrogens is 1. The van der Waals surface area contributed by atoms with Crippen LogP contribution in [0.3, 0.4) is 0 Å². The third-order valence-electron chi connectivity index (χ3n) is 9.26. The minimum atomic E-state index is -3.74. The van der Waals surface area contributed by atoms with Gasteiger partial charge < -0.3 is 29.5 Å². The Morgan fingerprint density at radius 2 is 1.33 bits per heavy atom. The van der Waals surface area contributed by atoms with Crippen LogP contribution in [-0.4, -0.2) is 87.7 Å². The molecule has 17 heteroatoms. The number of fused-ring (bicyclic) bond motifs is 1. The summed E-state index contributed by atoms with van der Waals surface area (Å²) < 4.78 is 43.3. The van der Waals surface area contributed by atoms with E-state index in [1.54, 1.807) is 137 Å². The third kappa shape index (κ3) is 13.9. The zero-order valence-corrected chi connectivity index (χ0v) is 39.5. The molecule has 0 fully saturated rings. The first-order valence-electron chi connectivity index (χ1n) is 20.9. The second-order valence-electron chi connectivity index (χ2n) is 18.7. The zero-order chi connectivity index (χ0) is 47.9. The van der Waals surface area contributed by atoms with Crippen molar-refractivity contribution >= 4 is 62.1 Å². The number of sulfone groups is 1. The average molecular weight is 904 g/mol. The van der Waals surface area contributed by atoms with E-state index >= 15 is 0 Å². The molecule has 1 unspecified atom stereocenters. The fraction of sp³-hybridized carbons (Fsp3) is 0.447. The van der Waals surface area contributed by atoms with Crippen molar-refractivity contribution in [1.82, 2.24) is 14.9 Å². The lowest BCUT2D eigenvalue weighted by Gasteiger charge is -2.39. The van der Waals surface area contributed by atoms with E-state index in [0.717, 1.165) is 16.0 Å². The van der Waals surface area contributed by atoms with Crippen LogP contribution in [0.4, 0.5) is 25.8 Å². The summed E-state index contributed by atoms with van der Waals surface area (Å²) >= 11 is 0. The number of hydrazine groups is 1. The van der Waals surface area contributed by atoms with Crippen molar-refractivity contribution < 1.29 is 51.7 Å². The van der Waals surface area contributed by atoms with Gasteiger partial charge in [0, 0.05) is 36.9 Å². The number of carboxylic acids is 1. The van der Waals surface area contributed by atoms with Crippen molar-refractivity contribution in [2.24, 2.45) is 0 Å². The first-order valence-corrected chi connectivity index (χ1v) is 22.4. The molecule has 4 amide bonds. The van der Waals surface area contributed by atoms with Crippen LogP contribution in [0.5, 0.6) is 0 Å². The summed E-state index contributed by atoms with van der Waals surface area (Å²) in [6.45, 7) is 17.9. The second-order valence-corrected chi connectivity index (χ2v) is 21.1. The number of hydrogen-bond donors (Lipinski definition) is 2. The maximum atomic E-state index is 14.0. The number of imide groups is 1. The van der Waals surface area contributed by atoms with Crippen LogP contribution < -0.4 is 10.3 Å². The minimum absolute atomic E-state index is 0.0461. The van der Waals surface area contributed by atoms with E-state index in [9.17, 15) is 37.5 Å². The van der Waals surface area contributed by atoms with E-state index in [2.05, 4.69) is 10.3 Å². The van der Waals surface area contributed by atoms with Crippen molar-refractivity contribution in [3.8, 4) is 0 Å². The van der Waals surface area contributed by atoms with Gasteiger partial charge in [0.05, 0.1) is 22.4 Å². The monoisotopic (exact) mass is 903 g/mol. The van der Waals surface area contributed by atoms with Gasteiger partial charge in [-0.25, -0.2) is 27.6 Å². The number of carbonyl (C=O) groups excluding carboxylic acids is 4. The Kier molecular flexibility index (Phi) is 15.8. The maximum Gasteiger partial charge on any atom is 0.439 e. The number of nitrogens with one attached hydrogen (secondary N) is 1. The summed E-state index contributed by atoms with van der Waals surface area (Å²) in [5.41, 5.74) is -1.06. The van der Waals surface area contributed by atoms with Crippen molar-refractivity contribution in [2.75, 3.05) is 17.4 Å². The van der Waals surface area contributed by atoms with Gasteiger partial charge in [-0.05, 0) is 147 Å². The number of ether oxygens (including phenoxy) is 3. The van der Waals surface area contributed by atoms with Gasteiger partial charge in [0.2, 0.25) is 5.91 Å². The molecule has 0 saturated heterocycles. The van der Waals surface area contributed by atoms with Gasteiger partial charge in [0.25, 0.3) is 0 Å². The summed E-state index contributed by atoms with van der Waals surface area (Å²) in [5, 5.41) is 16.0. The number of carboxylic acid groups (broad SMARTS) is 1. The molecule has 64 heavy (non-hydrogen) atoms. The van der Waals surface area contributed by atoms with Crippen LogP contribution in [-0.2, 0) is 46.6 Å². The molecule has 0 aliphatic heterocycles. The van der Waals surface area contributed by atoms with E-state index in [1.807, 2.05) is 0 Å². The van der Waals surface area contributed by atoms with E-state index in [4.69, 9.17) is 14.2 Å². The zero-order valence-electron chi connectivity index (χ0n) is 38.7. The molecular formula is C47H61N5O11S. The van der Waals surface area contributed by atoms with Gasteiger partial charge in [0.15, 0.2) is 15.9 Å². The second kappa shape index (κ2) is 20.1. The molecule has 1 aromatic heterocycles. The number of hydrogen-bond acceptors (Lipinski definition) is 12. The fourth-order valence-electron chi connectivity index (χ4n) is 6.36. The van der Waals surface area contributed by atoms with Crippen molar-refractivity contribution in [1.29, 1.82) is 0 Å². The predicted molar refractivity (Wildman–Crippen MR) is 243 cm³/mol. The number of aliphatic carboxylic acids is 1. The van der Waals surface area contributed by atoms with E-state index in [1.165, 1.54) is 30.1 Å². The molecule has 346 valence electrons. The molecule has 3 aromatic carbocycles. The fourth-order valence-corrected chi connectivity index (χ4v) is 7.61. The maximum absolute atomic E-state index is 14.0. The third-order valence-corrected chi connectivity index (χ3v) is 11.5. The molecule has 2 N–H and O–H groups in total. The van der Waals surface area contributed by atoms with Crippen LogP contribution in [0, 0.1) is 0 Å². The number of pyridine rings is 1. The Hall–Kier alpha value is -6.23. The highest BCUT2D eigenvalue weighted by molar-refractivity contribution is 7.92. The molecular weight excluding hydrogens is 843 g/mol. The van der Waals surface area contributed by atoms with Crippen LogP contribution in [0.15, 0.2) is 84.0 Å². The molecule has 1 heterocycles. The molecule has 4 aromatic rings. The highest BCUT2D eigenvalue weighted by Crippen LogP contribution is 2.34. The van der Waals surface area contributed by atoms with Crippen molar-refractivity contribution in [3.05, 3.63) is 95.8 Å². The molecule has 0 radical (unpaired) electrons. The van der Waals surface area contributed by atoms with Crippen LogP contribution in [0.25, 0.3) is 10.8 Å². The first kappa shape index (κ1) is 50.4. The van der Waals surface area contributed by atoms with Gasteiger partial charge in [0.1, 0.15) is 16.8 Å². The largest absolute Gasteiger partial charge is 0.479 e. The van der Waals surface area contributed by atoms with Crippen LogP contribution in [0.1, 0.15) is 112 Å². The highest BCUT2D eigenvalue weighted by atomic mass is 32.2. The predicted octanol–water partition coefficient (Wildman–Crippen LogP) is 9.46. The quantitative estimate of drug-likeness (QED) is 0.0896. The molecule has 0 spiro atoms. The summed E-state index contributed by atoms with van der Waals surface area (Å²) in [6.07, 6.45) is 1.16. The van der Waals surface area contributed by atoms with Gasteiger partial charge in [-0.2, -0.15) is 0 Å². The van der Waals surface area contributed by atoms with Crippen LogP contribution >= 0.6 is 0 Å². The topological polar surface area (TPSA) is 202 Å². The molecule has 0 saturated carbocycles. The number of carbonyl (C=O) groups is 5. The number of rotatable bonds is 14. The van der Waals surface area contributed by atoms with E-state index < -0.39 is 62.2 Å². The lowest BCUT2D eigenvalue weighted by Crippen LogP contribution is -2.56. The Labute approximate surface area is 375 Å². The highest BCUT2D eigenvalue weighted by Gasteiger charge is 2.43. The van der Waals surface area contributed by atoms with Gasteiger partial charge >= 0.3 is 24.2 Å². The van der Waals surface area contributed by atoms with Gasteiger partial charge in [-0.3, -0.25) is 14.8 Å². The van der Waals surface area contributed by atoms with Gasteiger partial charge in [-0.1, -0.05) is 30.3 Å². The standard InChI is InChI=1S/C47H61N5O11S/c1-30(2)64(59,60)38-23-21-36(26-35(38)29-50(12)42(56)61-45(3,4)5)49-39(53)15-13-14-31-16-18-32(19-17-31)40(41(54)55)51(37-22-20-34-28-48-25-24-33(34)27-37)52(43(57)62-46(6,7)8)44(58)63-47(9,10)11/h16-28,30,40H,13-15,29H2,1-12H3,(H,49,53)(H,54,55). The molecule has 16 nitrogen and oxygen atoms in total. The van der Waals surface area contributed by atoms with Gasteiger partial charge in [-0.15, -0.1) is 5.01 Å². The molecule has 0 aliphatic carbocycles. The SMILES string of the molecule is CC(C)S(=O)(=O)c1ccc(NC(=O)CCCc2ccc(C(C(=O)O)N(c3ccc4cnccc4c3)N(C(=O)OC(C)(C)C)C(=O)OC(C)(C)C)cc2)cc1CN(C)C(=O)OC(C)(C)C. The van der Waals surface area contributed by atoms with Crippen molar-refractivity contribution in [2.45, 2.75) is 135 Å². The number of amides is 4. The summed E-state index contributed by atoms with van der Waals surface area (Å²) in [6, 6.07) is 16.0. The van der Waals surface area contributed by atoms with E-state index in [-0.39, 0.29) is 35.0 Å². The Balaban J connectivity index is 1.59. The normalized spacial score (nSPS) is 12.6. The Morgan fingerprint density at radius 1 is 0.750 bits per heavy atom. The molecule has 1 atom stereocenters. The minimum Gasteiger partial charge on any atom is -0.479 e. The molecule has 0 bridgehead atoms. The smallest absolute Gasteiger partial charge is 0.439 e. The number of anilines is 2. The van der Waals surface area contributed by atoms with Crippen LogP contribution in [0.2, 0.25) is 0 Å². The number of nitrogens with zero attached hydrogens (tertiary/aromatic N) is 4. The number of benzene rings is 3. The Morgan fingerprint density at radius 3 is 1.88 bits per heavy atom. The van der Waals surface area contributed by atoms with E-state index in [0.29, 0.717) is 34.5 Å². The molecule has 4 rings (SSSR count). The van der Waals surface area contributed by atoms with Crippen molar-refractivity contribution in [3.63, 3.8) is 0 Å². The number of aryl methyl sites for hydroxylation is 1. The average Bonchev–Trinajstić information content (AvgIpc) is 3.15. The summed E-state index contributed by atoms with van der Waals surface area (Å²) in [4.78, 5) is 72.6. The molecule has 0 aliphatic rings. The lowest BCUT2D eigenvalue weighted by molar-refractivity contribution is -0.139. The summed E-state index contributed by atoms with van der Waals surface area (Å²) in [5.74, 6) is -1.72. The first-order chi connectivity index (χ1) is 29.6. The Bertz CT molecular complexity index is 2420. The summed E-state index contributed by atoms with van der Waals surface area (Å²) in [7, 11) is -2.24.